The highest BCUT2D eigenvalue weighted by atomic mass is 19.1. The second-order valence-corrected chi connectivity index (χ2v) is 3.40. The number of carbonyl (C=O) groups is 1. The maximum Gasteiger partial charge on any atom is 0.253 e. The minimum absolute atomic E-state index is 0.148. The van der Waals surface area contributed by atoms with Crippen molar-refractivity contribution in [1.82, 2.24) is 9.78 Å². The molecule has 1 heterocycles. The number of carbonyl (C=O) groups excluding carboxylic acids is 1. The molecule has 0 bridgehead atoms. The van der Waals surface area contributed by atoms with Gasteiger partial charge in [0, 0.05) is 6.20 Å². The van der Waals surface area contributed by atoms with E-state index in [9.17, 15) is 9.18 Å². The molecule has 1 aromatic carbocycles. The van der Waals surface area contributed by atoms with Crippen LogP contribution >= 0.6 is 0 Å². The standard InChI is InChI=1S/C11H10FN3O/c1-7-5-6-15(14-7)9-4-2-3-8(12)10(9)11(13)16/h2-6H,1H3,(H2,13,16). The molecular weight excluding hydrogens is 209 g/mol. The van der Waals surface area contributed by atoms with E-state index in [1.165, 1.54) is 16.8 Å². The molecule has 2 aromatic rings. The van der Waals surface area contributed by atoms with Crippen molar-refractivity contribution in [2.75, 3.05) is 0 Å². The predicted molar refractivity (Wildman–Crippen MR) is 56.8 cm³/mol. The largest absolute Gasteiger partial charge is 0.365 e. The average molecular weight is 219 g/mol. The van der Waals surface area contributed by atoms with Crippen LogP contribution in [0.5, 0.6) is 0 Å². The molecule has 0 spiro atoms. The molecule has 0 aliphatic rings. The monoisotopic (exact) mass is 219 g/mol. The van der Waals surface area contributed by atoms with E-state index in [0.717, 1.165) is 5.69 Å². The Bertz CT molecular complexity index is 548. The Hall–Kier alpha value is -2.17. The molecule has 0 unspecified atom stereocenters. The minimum Gasteiger partial charge on any atom is -0.365 e. The molecule has 4 nitrogen and oxygen atoms in total. The molecule has 0 fully saturated rings. The van der Waals surface area contributed by atoms with E-state index in [4.69, 9.17) is 5.73 Å². The van der Waals surface area contributed by atoms with Gasteiger partial charge in [0.1, 0.15) is 11.4 Å². The van der Waals surface area contributed by atoms with Crippen molar-refractivity contribution in [1.29, 1.82) is 0 Å². The number of halogens is 1. The van der Waals surface area contributed by atoms with Crippen LogP contribution in [-0.2, 0) is 0 Å². The molecule has 0 aliphatic carbocycles. The second kappa shape index (κ2) is 3.77. The normalized spacial score (nSPS) is 10.4. The smallest absolute Gasteiger partial charge is 0.253 e. The number of nitrogens with zero attached hydrogens (tertiary/aromatic N) is 2. The van der Waals surface area contributed by atoms with Crippen molar-refractivity contribution in [2.45, 2.75) is 6.92 Å². The predicted octanol–water partition coefficient (Wildman–Crippen LogP) is 1.42. The van der Waals surface area contributed by atoms with Crippen molar-refractivity contribution in [3.63, 3.8) is 0 Å². The number of aromatic nitrogens is 2. The van der Waals surface area contributed by atoms with Gasteiger partial charge in [-0.25, -0.2) is 9.07 Å². The van der Waals surface area contributed by atoms with Crippen LogP contribution in [0.1, 0.15) is 16.1 Å². The summed E-state index contributed by atoms with van der Waals surface area (Å²) in [6.45, 7) is 1.81. The minimum atomic E-state index is -0.804. The van der Waals surface area contributed by atoms with E-state index in [2.05, 4.69) is 5.10 Å². The van der Waals surface area contributed by atoms with Gasteiger partial charge in [0.15, 0.2) is 0 Å². The van der Waals surface area contributed by atoms with Crippen LogP contribution in [0.15, 0.2) is 30.5 Å². The number of hydrogen-bond donors (Lipinski definition) is 1. The van der Waals surface area contributed by atoms with Gasteiger partial charge in [0.25, 0.3) is 5.91 Å². The van der Waals surface area contributed by atoms with Crippen molar-refractivity contribution in [3.8, 4) is 5.69 Å². The maximum absolute atomic E-state index is 13.5. The van der Waals surface area contributed by atoms with Crippen LogP contribution in [0.2, 0.25) is 0 Å². The summed E-state index contributed by atoms with van der Waals surface area (Å²) < 4.78 is 14.9. The quantitative estimate of drug-likeness (QED) is 0.830. The van der Waals surface area contributed by atoms with Crippen LogP contribution in [0.4, 0.5) is 4.39 Å². The van der Waals surface area contributed by atoms with Crippen LogP contribution in [0.25, 0.3) is 5.69 Å². The number of amides is 1. The van der Waals surface area contributed by atoms with Gasteiger partial charge < -0.3 is 5.73 Å². The summed E-state index contributed by atoms with van der Waals surface area (Å²) >= 11 is 0. The third-order valence-corrected chi connectivity index (χ3v) is 2.21. The molecule has 5 heteroatoms. The molecule has 16 heavy (non-hydrogen) atoms. The van der Waals surface area contributed by atoms with Crippen molar-refractivity contribution >= 4 is 5.91 Å². The Kier molecular flexibility index (Phi) is 2.44. The SMILES string of the molecule is Cc1ccn(-c2cccc(F)c2C(N)=O)n1. The number of nitrogens with two attached hydrogens (primary N) is 1. The number of hydrogen-bond acceptors (Lipinski definition) is 2. The van der Waals surface area contributed by atoms with Crippen LogP contribution < -0.4 is 5.73 Å². The third-order valence-electron chi connectivity index (χ3n) is 2.21. The molecule has 82 valence electrons. The lowest BCUT2D eigenvalue weighted by atomic mass is 10.1. The molecule has 0 saturated carbocycles. The lowest BCUT2D eigenvalue weighted by molar-refractivity contribution is 0.0996. The zero-order chi connectivity index (χ0) is 11.7. The molecule has 0 aliphatic heterocycles. The molecule has 1 amide bonds. The molecule has 2 rings (SSSR count). The highest BCUT2D eigenvalue weighted by molar-refractivity contribution is 5.96. The van der Waals surface area contributed by atoms with E-state index < -0.39 is 11.7 Å². The first-order valence-corrected chi connectivity index (χ1v) is 4.70. The van der Waals surface area contributed by atoms with Gasteiger partial charge in [-0.05, 0) is 25.1 Å². The Morgan fingerprint density at radius 2 is 2.19 bits per heavy atom. The van der Waals surface area contributed by atoms with E-state index in [0.29, 0.717) is 5.69 Å². The number of primary amides is 1. The summed E-state index contributed by atoms with van der Waals surface area (Å²) in [5, 5.41) is 4.11. The van der Waals surface area contributed by atoms with Gasteiger partial charge >= 0.3 is 0 Å². The van der Waals surface area contributed by atoms with Crippen molar-refractivity contribution in [3.05, 3.63) is 47.5 Å². The van der Waals surface area contributed by atoms with E-state index in [-0.39, 0.29) is 5.56 Å². The average Bonchev–Trinajstić information content (AvgIpc) is 2.63. The van der Waals surface area contributed by atoms with Gasteiger partial charge in [0.2, 0.25) is 0 Å². The Morgan fingerprint density at radius 1 is 1.44 bits per heavy atom. The van der Waals surface area contributed by atoms with Gasteiger partial charge in [-0.1, -0.05) is 6.07 Å². The first-order valence-electron chi connectivity index (χ1n) is 4.70. The lowest BCUT2D eigenvalue weighted by Gasteiger charge is -2.07. The van der Waals surface area contributed by atoms with Gasteiger partial charge in [-0.3, -0.25) is 4.79 Å². The molecule has 0 atom stereocenters. The highest BCUT2D eigenvalue weighted by Crippen LogP contribution is 2.17. The van der Waals surface area contributed by atoms with Crippen LogP contribution in [0, 0.1) is 12.7 Å². The Labute approximate surface area is 91.5 Å². The zero-order valence-electron chi connectivity index (χ0n) is 8.64. The van der Waals surface area contributed by atoms with Gasteiger partial charge in [-0.2, -0.15) is 5.10 Å². The fourth-order valence-electron chi connectivity index (χ4n) is 1.50. The summed E-state index contributed by atoms with van der Waals surface area (Å²) in [6, 6.07) is 6.05. The third kappa shape index (κ3) is 1.67. The van der Waals surface area contributed by atoms with Crippen LogP contribution in [0.3, 0.4) is 0 Å². The molecule has 0 radical (unpaired) electrons. The highest BCUT2D eigenvalue weighted by Gasteiger charge is 2.15. The summed E-state index contributed by atoms with van der Waals surface area (Å²) in [5.41, 5.74) is 6.12. The second-order valence-electron chi connectivity index (χ2n) is 3.40. The summed E-state index contributed by atoms with van der Waals surface area (Å²) in [6.07, 6.45) is 1.65. The maximum atomic E-state index is 13.5. The Balaban J connectivity index is 2.65. The van der Waals surface area contributed by atoms with Crippen LogP contribution in [-0.4, -0.2) is 15.7 Å². The number of benzene rings is 1. The fourth-order valence-corrected chi connectivity index (χ4v) is 1.50. The topological polar surface area (TPSA) is 60.9 Å². The number of rotatable bonds is 2. The first-order chi connectivity index (χ1) is 7.59. The summed E-state index contributed by atoms with van der Waals surface area (Å²) in [7, 11) is 0. The fraction of sp³-hybridized carbons (Fsp3) is 0.0909. The number of aryl methyl sites for hydroxylation is 1. The van der Waals surface area contributed by atoms with E-state index in [1.807, 2.05) is 0 Å². The van der Waals surface area contributed by atoms with Crippen molar-refractivity contribution in [2.24, 2.45) is 5.73 Å². The summed E-state index contributed by atoms with van der Waals surface area (Å²) in [5.74, 6) is -1.44. The molecule has 0 saturated heterocycles. The Morgan fingerprint density at radius 3 is 2.75 bits per heavy atom. The summed E-state index contributed by atoms with van der Waals surface area (Å²) in [4.78, 5) is 11.2. The molecule has 1 aromatic heterocycles. The lowest BCUT2D eigenvalue weighted by Crippen LogP contribution is -2.17. The molecule has 2 N–H and O–H groups in total. The first kappa shape index (κ1) is 10.4. The van der Waals surface area contributed by atoms with Gasteiger partial charge in [0.05, 0.1) is 11.4 Å². The van der Waals surface area contributed by atoms with E-state index in [1.54, 1.807) is 25.3 Å². The van der Waals surface area contributed by atoms with E-state index >= 15 is 0 Å². The van der Waals surface area contributed by atoms with Crippen molar-refractivity contribution < 1.29 is 9.18 Å². The zero-order valence-corrected chi connectivity index (χ0v) is 8.64. The molecular formula is C11H10FN3O. The van der Waals surface area contributed by atoms with Gasteiger partial charge in [-0.15, -0.1) is 0 Å².